The van der Waals surface area contributed by atoms with Crippen LogP contribution >= 0.6 is 11.6 Å². The Hall–Kier alpha value is -1.15. The SMILES string of the molecule is C[NH+]1CCN(C(=O)C2CCN(S(=O)(=O)c3ccc(Cl)cc3)CC2)CC1. The van der Waals surface area contributed by atoms with E-state index in [1.165, 1.54) is 21.3 Å². The summed E-state index contributed by atoms with van der Waals surface area (Å²) in [6.45, 7) is 4.34. The molecule has 0 aromatic heterocycles. The summed E-state index contributed by atoms with van der Waals surface area (Å²) in [5, 5.41) is 0.511. The highest BCUT2D eigenvalue weighted by Gasteiger charge is 2.34. The summed E-state index contributed by atoms with van der Waals surface area (Å²) in [5.74, 6) is 0.131. The van der Waals surface area contributed by atoms with Crippen molar-refractivity contribution in [1.29, 1.82) is 0 Å². The predicted molar refractivity (Wildman–Crippen MR) is 96.1 cm³/mol. The van der Waals surface area contributed by atoms with E-state index in [2.05, 4.69) is 7.05 Å². The highest BCUT2D eigenvalue weighted by atomic mass is 35.5. The van der Waals surface area contributed by atoms with Crippen molar-refractivity contribution in [2.24, 2.45) is 5.92 Å². The number of hydrogen-bond acceptors (Lipinski definition) is 3. The molecule has 2 heterocycles. The van der Waals surface area contributed by atoms with Gasteiger partial charge in [-0.2, -0.15) is 4.31 Å². The lowest BCUT2D eigenvalue weighted by Crippen LogP contribution is -3.12. The molecule has 1 amide bonds. The number of amides is 1. The smallest absolute Gasteiger partial charge is 0.243 e. The number of sulfonamides is 1. The quantitative estimate of drug-likeness (QED) is 0.801. The van der Waals surface area contributed by atoms with Crippen LogP contribution in [-0.4, -0.2) is 69.8 Å². The first-order valence-electron chi connectivity index (χ1n) is 8.74. The molecule has 1 N–H and O–H groups in total. The fourth-order valence-electron chi connectivity index (χ4n) is 3.47. The number of piperazine rings is 1. The lowest BCUT2D eigenvalue weighted by molar-refractivity contribution is -0.883. The second-order valence-corrected chi connectivity index (χ2v) is 9.29. The fraction of sp³-hybridized carbons (Fsp3) is 0.588. The second-order valence-electron chi connectivity index (χ2n) is 6.91. The van der Waals surface area contributed by atoms with Crippen LogP contribution in [0.25, 0.3) is 0 Å². The van der Waals surface area contributed by atoms with Gasteiger partial charge in [0.05, 0.1) is 38.1 Å². The lowest BCUT2D eigenvalue weighted by atomic mass is 9.96. The van der Waals surface area contributed by atoms with Crippen LogP contribution in [0.5, 0.6) is 0 Å². The molecule has 2 saturated heterocycles. The number of piperidine rings is 1. The first kappa shape index (κ1) is 18.6. The Labute approximate surface area is 154 Å². The average Bonchev–Trinajstić information content (AvgIpc) is 2.62. The number of quaternary nitrogens is 1. The van der Waals surface area contributed by atoms with Crippen molar-refractivity contribution in [2.75, 3.05) is 46.3 Å². The minimum Gasteiger partial charge on any atom is -0.334 e. The van der Waals surface area contributed by atoms with Gasteiger partial charge in [-0.15, -0.1) is 0 Å². The van der Waals surface area contributed by atoms with Crippen LogP contribution in [-0.2, 0) is 14.8 Å². The number of rotatable bonds is 3. The minimum absolute atomic E-state index is 0.0601. The van der Waals surface area contributed by atoms with Gasteiger partial charge in [0, 0.05) is 24.0 Å². The lowest BCUT2D eigenvalue weighted by Gasteiger charge is -2.36. The summed E-state index contributed by atoms with van der Waals surface area (Å²) >= 11 is 5.83. The maximum absolute atomic E-state index is 12.7. The zero-order valence-electron chi connectivity index (χ0n) is 14.4. The third kappa shape index (κ3) is 4.16. The number of likely N-dealkylation sites (N-methyl/N-ethyl adjacent to an activating group) is 1. The van der Waals surface area contributed by atoms with Crippen molar-refractivity contribution in [3.8, 4) is 0 Å². The van der Waals surface area contributed by atoms with Gasteiger partial charge in [-0.05, 0) is 37.1 Å². The third-order valence-electron chi connectivity index (χ3n) is 5.18. The van der Waals surface area contributed by atoms with Gasteiger partial charge in [0.25, 0.3) is 0 Å². The fourth-order valence-corrected chi connectivity index (χ4v) is 5.06. The summed E-state index contributed by atoms with van der Waals surface area (Å²) in [4.78, 5) is 16.3. The van der Waals surface area contributed by atoms with Crippen LogP contribution in [0.2, 0.25) is 5.02 Å². The molecular formula is C17H25ClN3O3S+. The Bertz CT molecular complexity index is 707. The van der Waals surface area contributed by atoms with Crippen LogP contribution in [0, 0.1) is 5.92 Å². The van der Waals surface area contributed by atoms with E-state index in [0.717, 1.165) is 26.2 Å². The van der Waals surface area contributed by atoms with Crippen LogP contribution < -0.4 is 4.90 Å². The molecule has 1 aromatic carbocycles. The summed E-state index contributed by atoms with van der Waals surface area (Å²) in [7, 11) is -1.37. The van der Waals surface area contributed by atoms with Crippen molar-refractivity contribution >= 4 is 27.5 Å². The van der Waals surface area contributed by atoms with Crippen molar-refractivity contribution < 1.29 is 18.1 Å². The highest BCUT2D eigenvalue weighted by molar-refractivity contribution is 7.89. The molecule has 2 aliphatic heterocycles. The Morgan fingerprint density at radius 3 is 2.20 bits per heavy atom. The molecule has 2 aliphatic rings. The van der Waals surface area contributed by atoms with Crippen molar-refractivity contribution in [1.82, 2.24) is 9.21 Å². The molecule has 1 aromatic rings. The number of carbonyl (C=O) groups excluding carboxylic acids is 1. The molecule has 0 aliphatic carbocycles. The molecular weight excluding hydrogens is 362 g/mol. The summed E-state index contributed by atoms with van der Waals surface area (Å²) in [5.41, 5.74) is 0. The van der Waals surface area contributed by atoms with Crippen LogP contribution in [0.3, 0.4) is 0 Å². The molecule has 0 saturated carbocycles. The molecule has 25 heavy (non-hydrogen) atoms. The van der Waals surface area contributed by atoms with Crippen LogP contribution in [0.4, 0.5) is 0 Å². The molecule has 0 bridgehead atoms. The number of nitrogens with one attached hydrogen (secondary N) is 1. The van der Waals surface area contributed by atoms with Gasteiger partial charge < -0.3 is 9.80 Å². The maximum Gasteiger partial charge on any atom is 0.243 e. The van der Waals surface area contributed by atoms with Gasteiger partial charge in [-0.1, -0.05) is 11.6 Å². The van der Waals surface area contributed by atoms with Gasteiger partial charge in [-0.3, -0.25) is 4.79 Å². The topological polar surface area (TPSA) is 62.1 Å². The van der Waals surface area contributed by atoms with Crippen LogP contribution in [0.15, 0.2) is 29.2 Å². The third-order valence-corrected chi connectivity index (χ3v) is 7.35. The van der Waals surface area contributed by atoms with Gasteiger partial charge >= 0.3 is 0 Å². The van der Waals surface area contributed by atoms with Gasteiger partial charge in [0.2, 0.25) is 15.9 Å². The Kier molecular flexibility index (Phi) is 5.68. The summed E-state index contributed by atoms with van der Waals surface area (Å²) in [6.07, 6.45) is 1.18. The standard InChI is InChI=1S/C17H24ClN3O3S/c1-19-10-12-20(13-11-19)17(22)14-6-8-21(9-7-14)25(23,24)16-4-2-15(18)3-5-16/h2-5,14H,6-13H2,1H3/p+1. The van der Waals surface area contributed by atoms with Crippen molar-refractivity contribution in [2.45, 2.75) is 17.7 Å². The number of carbonyl (C=O) groups is 1. The zero-order chi connectivity index (χ0) is 18.0. The highest BCUT2D eigenvalue weighted by Crippen LogP contribution is 2.25. The van der Waals surface area contributed by atoms with Gasteiger partial charge in [0.15, 0.2) is 0 Å². The molecule has 8 heteroatoms. The van der Waals surface area contributed by atoms with E-state index < -0.39 is 10.0 Å². The average molecular weight is 387 g/mol. The first-order valence-corrected chi connectivity index (χ1v) is 10.6. The Morgan fingerprint density at radius 1 is 1.08 bits per heavy atom. The minimum atomic E-state index is -3.51. The Morgan fingerprint density at radius 2 is 1.64 bits per heavy atom. The van der Waals surface area contributed by atoms with Gasteiger partial charge in [-0.25, -0.2) is 8.42 Å². The largest absolute Gasteiger partial charge is 0.334 e. The molecule has 138 valence electrons. The Balaban J connectivity index is 1.59. The molecule has 0 radical (unpaired) electrons. The number of halogens is 1. The molecule has 6 nitrogen and oxygen atoms in total. The predicted octanol–water partition coefficient (Wildman–Crippen LogP) is 0.0976. The summed E-state index contributed by atoms with van der Waals surface area (Å²) < 4.78 is 26.9. The van der Waals surface area contributed by atoms with E-state index in [1.807, 2.05) is 4.90 Å². The number of benzene rings is 1. The van der Waals surface area contributed by atoms with E-state index >= 15 is 0 Å². The number of nitrogens with zero attached hydrogens (tertiary/aromatic N) is 2. The van der Waals surface area contributed by atoms with E-state index in [0.29, 0.717) is 31.0 Å². The molecule has 3 rings (SSSR count). The molecule has 0 spiro atoms. The van der Waals surface area contributed by atoms with E-state index in [-0.39, 0.29) is 16.7 Å². The van der Waals surface area contributed by atoms with Gasteiger partial charge in [0.1, 0.15) is 0 Å². The maximum atomic E-state index is 12.7. The zero-order valence-corrected chi connectivity index (χ0v) is 16.0. The normalized spacial score (nSPS) is 21.4. The monoisotopic (exact) mass is 386 g/mol. The van der Waals surface area contributed by atoms with E-state index in [9.17, 15) is 13.2 Å². The first-order chi connectivity index (χ1) is 11.9. The van der Waals surface area contributed by atoms with Crippen molar-refractivity contribution in [3.63, 3.8) is 0 Å². The summed E-state index contributed by atoms with van der Waals surface area (Å²) in [6, 6.07) is 6.23. The second kappa shape index (κ2) is 7.61. The molecule has 0 atom stereocenters. The van der Waals surface area contributed by atoms with Crippen LogP contribution in [0.1, 0.15) is 12.8 Å². The van der Waals surface area contributed by atoms with Crippen molar-refractivity contribution in [3.05, 3.63) is 29.3 Å². The van der Waals surface area contributed by atoms with E-state index in [1.54, 1.807) is 12.1 Å². The number of hydrogen-bond donors (Lipinski definition) is 1. The van der Waals surface area contributed by atoms with E-state index in [4.69, 9.17) is 11.6 Å². The molecule has 0 unspecified atom stereocenters. The molecule has 2 fully saturated rings.